The second-order valence-corrected chi connectivity index (χ2v) is 3.47. The molecule has 0 fully saturated rings. The van der Waals surface area contributed by atoms with Crippen LogP contribution in [0.4, 0.5) is 13.2 Å². The highest BCUT2D eigenvalue weighted by Crippen LogP contribution is 2.18. The number of carbonyl (C=O) groups is 1. The number of carbonyl (C=O) groups excluding carboxylic acids is 1. The summed E-state index contributed by atoms with van der Waals surface area (Å²) in [5.41, 5.74) is 0.947. The molecule has 1 rings (SSSR count). The second kappa shape index (κ2) is 4.87. The van der Waals surface area contributed by atoms with E-state index in [9.17, 15) is 18.0 Å². The van der Waals surface area contributed by atoms with Crippen molar-refractivity contribution in [2.45, 2.75) is 12.7 Å². The fourth-order valence-electron chi connectivity index (χ4n) is 1.25. The van der Waals surface area contributed by atoms with Gasteiger partial charge in [0.15, 0.2) is 0 Å². The molecule has 1 aromatic rings. The van der Waals surface area contributed by atoms with Crippen LogP contribution in [0.5, 0.6) is 0 Å². The van der Waals surface area contributed by atoms with E-state index in [1.807, 2.05) is 6.07 Å². The highest BCUT2D eigenvalue weighted by atomic mass is 19.4. The van der Waals surface area contributed by atoms with Crippen molar-refractivity contribution in [1.29, 1.82) is 5.26 Å². The SMILES string of the molecule is CN(Cc1ccc(C#N)cc1)C(=O)C(F)(F)F. The van der Waals surface area contributed by atoms with Crippen LogP contribution in [0.1, 0.15) is 11.1 Å². The average molecular weight is 242 g/mol. The van der Waals surface area contributed by atoms with Crippen molar-refractivity contribution in [3.63, 3.8) is 0 Å². The minimum Gasteiger partial charge on any atom is -0.334 e. The summed E-state index contributed by atoms with van der Waals surface area (Å²) in [6, 6.07) is 7.89. The molecule has 0 saturated carbocycles. The summed E-state index contributed by atoms with van der Waals surface area (Å²) in [5, 5.41) is 8.54. The highest BCUT2D eigenvalue weighted by molar-refractivity contribution is 5.81. The Kier molecular flexibility index (Phi) is 3.73. The summed E-state index contributed by atoms with van der Waals surface area (Å²) in [6.45, 7) is -0.149. The van der Waals surface area contributed by atoms with Crippen molar-refractivity contribution in [3.05, 3.63) is 35.4 Å². The zero-order chi connectivity index (χ0) is 13.1. The Morgan fingerprint density at radius 2 is 1.88 bits per heavy atom. The molecule has 0 radical (unpaired) electrons. The topological polar surface area (TPSA) is 44.1 Å². The van der Waals surface area contributed by atoms with E-state index in [-0.39, 0.29) is 6.54 Å². The molecule has 0 saturated heterocycles. The zero-order valence-electron chi connectivity index (χ0n) is 8.95. The summed E-state index contributed by atoms with van der Waals surface area (Å²) < 4.78 is 36.3. The molecule has 0 unspecified atom stereocenters. The van der Waals surface area contributed by atoms with Crippen molar-refractivity contribution < 1.29 is 18.0 Å². The Hall–Kier alpha value is -2.03. The maximum Gasteiger partial charge on any atom is 0.471 e. The number of halogens is 3. The Morgan fingerprint density at radius 3 is 2.29 bits per heavy atom. The summed E-state index contributed by atoms with van der Waals surface area (Å²) in [7, 11) is 1.08. The smallest absolute Gasteiger partial charge is 0.334 e. The first kappa shape index (κ1) is 13.0. The van der Waals surface area contributed by atoms with Gasteiger partial charge in [-0.2, -0.15) is 18.4 Å². The number of nitrogens with zero attached hydrogens (tertiary/aromatic N) is 2. The number of hydrogen-bond acceptors (Lipinski definition) is 2. The molecule has 0 aliphatic carbocycles. The van der Waals surface area contributed by atoms with Gasteiger partial charge in [0, 0.05) is 13.6 Å². The molecule has 17 heavy (non-hydrogen) atoms. The van der Waals surface area contributed by atoms with Gasteiger partial charge < -0.3 is 4.90 Å². The van der Waals surface area contributed by atoms with Crippen molar-refractivity contribution in [2.75, 3.05) is 7.05 Å². The summed E-state index contributed by atoms with van der Waals surface area (Å²) in [6.07, 6.45) is -4.86. The normalized spacial score (nSPS) is 10.8. The minimum absolute atomic E-state index is 0.149. The maximum atomic E-state index is 12.1. The van der Waals surface area contributed by atoms with Crippen molar-refractivity contribution in [1.82, 2.24) is 4.90 Å². The quantitative estimate of drug-likeness (QED) is 0.796. The number of alkyl halides is 3. The lowest BCUT2D eigenvalue weighted by Crippen LogP contribution is -2.37. The van der Waals surface area contributed by atoms with Gasteiger partial charge in [-0.05, 0) is 17.7 Å². The van der Waals surface area contributed by atoms with E-state index in [1.54, 1.807) is 0 Å². The molecule has 6 heteroatoms. The first-order valence-electron chi connectivity index (χ1n) is 4.66. The molecule has 0 aliphatic heterocycles. The first-order chi connectivity index (χ1) is 7.84. The van der Waals surface area contributed by atoms with Crippen molar-refractivity contribution in [2.24, 2.45) is 0 Å². The molecular formula is C11H9F3N2O. The van der Waals surface area contributed by atoms with E-state index in [2.05, 4.69) is 0 Å². The molecule has 1 amide bonds. The van der Waals surface area contributed by atoms with Crippen molar-refractivity contribution in [3.8, 4) is 6.07 Å². The van der Waals surface area contributed by atoms with Gasteiger partial charge in [-0.3, -0.25) is 4.79 Å². The van der Waals surface area contributed by atoms with Gasteiger partial charge in [-0.1, -0.05) is 12.1 Å². The Labute approximate surface area is 96.1 Å². The number of hydrogen-bond donors (Lipinski definition) is 0. The van der Waals surface area contributed by atoms with Gasteiger partial charge in [0.1, 0.15) is 0 Å². The summed E-state index contributed by atoms with van der Waals surface area (Å²) >= 11 is 0. The average Bonchev–Trinajstić information content (AvgIpc) is 2.27. The first-order valence-corrected chi connectivity index (χ1v) is 4.66. The van der Waals surface area contributed by atoms with Crippen LogP contribution in [0.25, 0.3) is 0 Å². The minimum atomic E-state index is -4.86. The fourth-order valence-corrected chi connectivity index (χ4v) is 1.25. The number of benzene rings is 1. The Balaban J connectivity index is 2.72. The van der Waals surface area contributed by atoms with E-state index in [0.29, 0.717) is 16.0 Å². The van der Waals surface area contributed by atoms with Gasteiger partial charge in [-0.25, -0.2) is 0 Å². The van der Waals surface area contributed by atoms with E-state index in [4.69, 9.17) is 5.26 Å². The molecule has 1 aromatic carbocycles. The third kappa shape index (κ3) is 3.48. The summed E-state index contributed by atoms with van der Waals surface area (Å²) in [4.78, 5) is 11.4. The molecule has 0 N–H and O–H groups in total. The van der Waals surface area contributed by atoms with Crippen molar-refractivity contribution >= 4 is 5.91 Å². The maximum absolute atomic E-state index is 12.1. The third-order valence-corrected chi connectivity index (χ3v) is 2.09. The molecule has 0 spiro atoms. The monoisotopic (exact) mass is 242 g/mol. The largest absolute Gasteiger partial charge is 0.471 e. The fraction of sp³-hybridized carbons (Fsp3) is 0.273. The van der Waals surface area contributed by atoms with Crippen LogP contribution < -0.4 is 0 Å². The van der Waals surface area contributed by atoms with Crippen LogP contribution in [0.2, 0.25) is 0 Å². The number of nitriles is 1. The van der Waals surface area contributed by atoms with Crippen LogP contribution >= 0.6 is 0 Å². The standard InChI is InChI=1S/C11H9F3N2O/c1-16(10(17)11(12,13)14)7-9-4-2-8(6-15)3-5-9/h2-5H,7H2,1H3. The van der Waals surface area contributed by atoms with E-state index >= 15 is 0 Å². The number of rotatable bonds is 2. The van der Waals surface area contributed by atoms with Crippen LogP contribution in [0.3, 0.4) is 0 Å². The lowest BCUT2D eigenvalue weighted by Gasteiger charge is -2.18. The van der Waals surface area contributed by atoms with E-state index in [0.717, 1.165) is 7.05 Å². The van der Waals surface area contributed by atoms with Crippen LogP contribution in [0, 0.1) is 11.3 Å². The summed E-state index contributed by atoms with van der Waals surface area (Å²) in [5.74, 6) is -1.89. The zero-order valence-corrected chi connectivity index (χ0v) is 8.95. The molecule has 90 valence electrons. The van der Waals surface area contributed by atoms with Gasteiger partial charge >= 0.3 is 12.1 Å². The number of amides is 1. The molecule has 0 bridgehead atoms. The van der Waals surface area contributed by atoms with Crippen LogP contribution in [-0.2, 0) is 11.3 Å². The third-order valence-electron chi connectivity index (χ3n) is 2.09. The predicted molar refractivity (Wildman–Crippen MR) is 53.7 cm³/mol. The Bertz CT molecular complexity index is 445. The molecule has 0 heterocycles. The predicted octanol–water partition coefficient (Wildman–Crippen LogP) is 2.08. The van der Waals surface area contributed by atoms with Gasteiger partial charge in [0.05, 0.1) is 11.6 Å². The van der Waals surface area contributed by atoms with E-state index in [1.165, 1.54) is 24.3 Å². The highest BCUT2D eigenvalue weighted by Gasteiger charge is 2.41. The van der Waals surface area contributed by atoms with Gasteiger partial charge in [-0.15, -0.1) is 0 Å². The lowest BCUT2D eigenvalue weighted by molar-refractivity contribution is -0.184. The molecule has 0 atom stereocenters. The van der Waals surface area contributed by atoms with Crippen LogP contribution in [0.15, 0.2) is 24.3 Å². The molecule has 0 aliphatic rings. The van der Waals surface area contributed by atoms with E-state index < -0.39 is 12.1 Å². The lowest BCUT2D eigenvalue weighted by atomic mass is 10.1. The second-order valence-electron chi connectivity index (χ2n) is 3.47. The van der Waals surface area contributed by atoms with Gasteiger partial charge in [0.2, 0.25) is 0 Å². The molecular weight excluding hydrogens is 233 g/mol. The van der Waals surface area contributed by atoms with Crippen LogP contribution in [-0.4, -0.2) is 24.0 Å². The molecule has 3 nitrogen and oxygen atoms in total. The molecule has 0 aromatic heterocycles. The Morgan fingerprint density at radius 1 is 1.35 bits per heavy atom. The van der Waals surface area contributed by atoms with Gasteiger partial charge in [0.25, 0.3) is 0 Å².